The van der Waals surface area contributed by atoms with E-state index in [1.165, 1.54) is 32.2 Å². The maximum atomic E-state index is 5.52. The second-order valence-corrected chi connectivity index (χ2v) is 5.31. The first kappa shape index (κ1) is 12.3. The first-order valence-corrected chi connectivity index (χ1v) is 6.81. The van der Waals surface area contributed by atoms with Crippen LogP contribution >= 0.6 is 0 Å². The van der Waals surface area contributed by atoms with Gasteiger partial charge in [-0.1, -0.05) is 6.42 Å². The highest BCUT2D eigenvalue weighted by atomic mass is 16.5. The van der Waals surface area contributed by atoms with Crippen LogP contribution in [0, 0.1) is 5.92 Å². The minimum Gasteiger partial charge on any atom is -0.381 e. The fourth-order valence-corrected chi connectivity index (χ4v) is 3.22. The Morgan fingerprint density at radius 3 is 2.94 bits per heavy atom. The van der Waals surface area contributed by atoms with Gasteiger partial charge in [0.05, 0.1) is 6.61 Å². The van der Waals surface area contributed by atoms with Gasteiger partial charge in [0, 0.05) is 25.2 Å². The normalized spacial score (nSPS) is 34.1. The third-order valence-corrected chi connectivity index (χ3v) is 4.28. The zero-order valence-corrected chi connectivity index (χ0v) is 10.7. The van der Waals surface area contributed by atoms with E-state index in [1.807, 2.05) is 0 Å². The van der Waals surface area contributed by atoms with Crippen LogP contribution in [0.5, 0.6) is 0 Å². The molecule has 3 nitrogen and oxygen atoms in total. The zero-order chi connectivity index (χ0) is 11.4. The molecular formula is C13H26N2O. The lowest BCUT2D eigenvalue weighted by Crippen LogP contribution is -2.51. The lowest BCUT2D eigenvalue weighted by Gasteiger charge is -2.42. The molecule has 3 atom stereocenters. The SMILES string of the molecule is CNCC1CCCCN1C(C)C1CCOC1. The van der Waals surface area contributed by atoms with Gasteiger partial charge in [-0.15, -0.1) is 0 Å². The summed E-state index contributed by atoms with van der Waals surface area (Å²) in [4.78, 5) is 2.72. The van der Waals surface area contributed by atoms with E-state index in [9.17, 15) is 0 Å². The van der Waals surface area contributed by atoms with Crippen LogP contribution < -0.4 is 5.32 Å². The smallest absolute Gasteiger partial charge is 0.0509 e. The number of piperidine rings is 1. The molecule has 0 spiro atoms. The van der Waals surface area contributed by atoms with Crippen LogP contribution in [0.15, 0.2) is 0 Å². The average molecular weight is 226 g/mol. The van der Waals surface area contributed by atoms with Crippen LogP contribution in [0.2, 0.25) is 0 Å². The zero-order valence-electron chi connectivity index (χ0n) is 10.7. The number of rotatable bonds is 4. The molecular weight excluding hydrogens is 200 g/mol. The Morgan fingerprint density at radius 1 is 1.38 bits per heavy atom. The average Bonchev–Trinajstić information content (AvgIpc) is 2.83. The van der Waals surface area contributed by atoms with Gasteiger partial charge in [0.15, 0.2) is 0 Å². The monoisotopic (exact) mass is 226 g/mol. The van der Waals surface area contributed by atoms with Gasteiger partial charge in [-0.3, -0.25) is 4.90 Å². The Labute approximate surface area is 99.5 Å². The van der Waals surface area contributed by atoms with E-state index in [2.05, 4.69) is 24.2 Å². The molecule has 0 radical (unpaired) electrons. The predicted octanol–water partition coefficient (Wildman–Crippen LogP) is 1.49. The lowest BCUT2D eigenvalue weighted by atomic mass is 9.93. The molecule has 2 saturated heterocycles. The van der Waals surface area contributed by atoms with Crippen molar-refractivity contribution in [2.45, 2.75) is 44.7 Å². The van der Waals surface area contributed by atoms with Gasteiger partial charge < -0.3 is 10.1 Å². The van der Waals surface area contributed by atoms with E-state index in [1.54, 1.807) is 0 Å². The Balaban J connectivity index is 1.92. The largest absolute Gasteiger partial charge is 0.381 e. The minimum atomic E-state index is 0.696. The molecule has 2 aliphatic rings. The number of hydrogen-bond donors (Lipinski definition) is 1. The van der Waals surface area contributed by atoms with Crippen molar-refractivity contribution in [2.24, 2.45) is 5.92 Å². The molecule has 16 heavy (non-hydrogen) atoms. The first-order chi connectivity index (χ1) is 7.83. The van der Waals surface area contributed by atoms with Gasteiger partial charge in [0.2, 0.25) is 0 Å². The molecule has 3 heteroatoms. The molecule has 0 aliphatic carbocycles. The van der Waals surface area contributed by atoms with Gasteiger partial charge in [-0.25, -0.2) is 0 Å². The molecule has 0 aromatic carbocycles. The minimum absolute atomic E-state index is 0.696. The molecule has 2 fully saturated rings. The number of ether oxygens (including phenoxy) is 1. The van der Waals surface area contributed by atoms with Crippen LogP contribution in [-0.2, 0) is 4.74 Å². The molecule has 0 aromatic rings. The maximum Gasteiger partial charge on any atom is 0.0509 e. The Morgan fingerprint density at radius 2 is 2.25 bits per heavy atom. The summed E-state index contributed by atoms with van der Waals surface area (Å²) in [6, 6.07) is 1.44. The van der Waals surface area contributed by atoms with Crippen LogP contribution in [0.25, 0.3) is 0 Å². The molecule has 1 N–H and O–H groups in total. The highest BCUT2D eigenvalue weighted by Gasteiger charge is 2.32. The Kier molecular flexibility index (Phi) is 4.62. The maximum absolute atomic E-state index is 5.52. The van der Waals surface area contributed by atoms with Crippen molar-refractivity contribution in [2.75, 3.05) is 33.4 Å². The number of hydrogen-bond acceptors (Lipinski definition) is 3. The van der Waals surface area contributed by atoms with Gasteiger partial charge in [-0.2, -0.15) is 0 Å². The second-order valence-electron chi connectivity index (χ2n) is 5.31. The first-order valence-electron chi connectivity index (χ1n) is 6.81. The fourth-order valence-electron chi connectivity index (χ4n) is 3.22. The van der Waals surface area contributed by atoms with Crippen molar-refractivity contribution in [1.29, 1.82) is 0 Å². The summed E-state index contributed by atoms with van der Waals surface area (Å²) >= 11 is 0. The van der Waals surface area contributed by atoms with E-state index in [0.717, 1.165) is 31.7 Å². The van der Waals surface area contributed by atoms with E-state index < -0.39 is 0 Å². The van der Waals surface area contributed by atoms with E-state index in [4.69, 9.17) is 4.74 Å². The molecule has 0 amide bonds. The summed E-state index contributed by atoms with van der Waals surface area (Å²) in [5, 5.41) is 3.34. The third-order valence-electron chi connectivity index (χ3n) is 4.28. The van der Waals surface area contributed by atoms with Crippen molar-refractivity contribution in [3.05, 3.63) is 0 Å². The summed E-state index contributed by atoms with van der Waals surface area (Å²) in [6.45, 7) is 6.76. The Hall–Kier alpha value is -0.120. The van der Waals surface area contributed by atoms with Crippen LogP contribution in [0.4, 0.5) is 0 Å². The summed E-state index contributed by atoms with van der Waals surface area (Å²) in [5.41, 5.74) is 0. The molecule has 0 saturated carbocycles. The Bertz CT molecular complexity index is 202. The topological polar surface area (TPSA) is 24.5 Å². The van der Waals surface area contributed by atoms with Gasteiger partial charge in [-0.05, 0) is 45.7 Å². The molecule has 0 aromatic heterocycles. The van der Waals surface area contributed by atoms with Crippen LogP contribution in [0.1, 0.15) is 32.6 Å². The molecule has 2 aliphatic heterocycles. The summed E-state index contributed by atoms with van der Waals surface area (Å²) in [7, 11) is 2.07. The van der Waals surface area contributed by atoms with Gasteiger partial charge in [0.25, 0.3) is 0 Å². The quantitative estimate of drug-likeness (QED) is 0.786. The highest BCUT2D eigenvalue weighted by molar-refractivity contribution is 4.86. The lowest BCUT2D eigenvalue weighted by molar-refractivity contribution is 0.0645. The molecule has 2 heterocycles. The summed E-state index contributed by atoms with van der Waals surface area (Å²) in [6.07, 6.45) is 5.39. The van der Waals surface area contributed by atoms with Crippen molar-refractivity contribution in [3.63, 3.8) is 0 Å². The summed E-state index contributed by atoms with van der Waals surface area (Å²) in [5.74, 6) is 0.762. The third kappa shape index (κ3) is 2.76. The van der Waals surface area contributed by atoms with E-state index in [-0.39, 0.29) is 0 Å². The standard InChI is InChI=1S/C13H26N2O/c1-11(12-6-8-16-10-12)15-7-4-3-5-13(15)9-14-2/h11-14H,3-10H2,1-2H3. The van der Waals surface area contributed by atoms with Crippen molar-refractivity contribution < 1.29 is 4.74 Å². The number of likely N-dealkylation sites (N-methyl/N-ethyl adjacent to an activating group) is 1. The number of nitrogens with one attached hydrogen (secondary N) is 1. The van der Waals surface area contributed by atoms with Crippen molar-refractivity contribution in [1.82, 2.24) is 10.2 Å². The van der Waals surface area contributed by atoms with Crippen molar-refractivity contribution >= 4 is 0 Å². The molecule has 2 rings (SSSR count). The molecule has 3 unspecified atom stereocenters. The van der Waals surface area contributed by atoms with Crippen molar-refractivity contribution in [3.8, 4) is 0 Å². The van der Waals surface area contributed by atoms with Gasteiger partial charge in [0.1, 0.15) is 0 Å². The second kappa shape index (κ2) is 5.99. The number of likely N-dealkylation sites (tertiary alicyclic amines) is 1. The fraction of sp³-hybridized carbons (Fsp3) is 1.00. The highest BCUT2D eigenvalue weighted by Crippen LogP contribution is 2.26. The number of nitrogens with zero attached hydrogens (tertiary/aromatic N) is 1. The van der Waals surface area contributed by atoms with E-state index in [0.29, 0.717) is 6.04 Å². The molecule has 94 valence electrons. The van der Waals surface area contributed by atoms with Gasteiger partial charge >= 0.3 is 0 Å². The summed E-state index contributed by atoms with van der Waals surface area (Å²) < 4.78 is 5.52. The van der Waals surface area contributed by atoms with Crippen LogP contribution in [-0.4, -0.2) is 50.3 Å². The molecule has 0 bridgehead atoms. The predicted molar refractivity (Wildman–Crippen MR) is 66.7 cm³/mol. The van der Waals surface area contributed by atoms with E-state index >= 15 is 0 Å². The van der Waals surface area contributed by atoms with Crippen LogP contribution in [0.3, 0.4) is 0 Å².